The third kappa shape index (κ3) is 4.56. The molecule has 0 saturated carbocycles. The van der Waals surface area contributed by atoms with E-state index in [1.54, 1.807) is 6.07 Å². The SMILES string of the molecule is COC(=O)C(Cc1ccccc1)CN1CC[C@@](C)(c2cccc(O)c2)[C@@H](C)C1. The first-order chi connectivity index (χ1) is 13.4. The van der Waals surface area contributed by atoms with Gasteiger partial charge in [0, 0.05) is 13.1 Å². The predicted molar refractivity (Wildman–Crippen MR) is 111 cm³/mol. The molecule has 0 radical (unpaired) electrons. The Morgan fingerprint density at radius 3 is 2.64 bits per heavy atom. The Bertz CT molecular complexity index is 791. The number of rotatable bonds is 6. The highest BCUT2D eigenvalue weighted by Gasteiger charge is 2.39. The van der Waals surface area contributed by atoms with Crippen molar-refractivity contribution in [3.05, 3.63) is 65.7 Å². The molecule has 1 aliphatic rings. The Kier molecular flexibility index (Phi) is 6.40. The number of esters is 1. The molecule has 0 spiro atoms. The molecule has 1 N–H and O–H groups in total. The zero-order valence-corrected chi connectivity index (χ0v) is 17.1. The van der Waals surface area contributed by atoms with Gasteiger partial charge in [-0.25, -0.2) is 0 Å². The van der Waals surface area contributed by atoms with Gasteiger partial charge in [-0.1, -0.05) is 56.3 Å². The first kappa shape index (κ1) is 20.4. The van der Waals surface area contributed by atoms with Crippen molar-refractivity contribution in [2.75, 3.05) is 26.7 Å². The van der Waals surface area contributed by atoms with E-state index in [0.717, 1.165) is 25.1 Å². The van der Waals surface area contributed by atoms with E-state index in [1.807, 2.05) is 30.3 Å². The zero-order valence-electron chi connectivity index (χ0n) is 17.1. The number of hydrogen-bond acceptors (Lipinski definition) is 4. The fourth-order valence-corrected chi connectivity index (χ4v) is 4.37. The largest absolute Gasteiger partial charge is 0.508 e. The van der Waals surface area contributed by atoms with Crippen LogP contribution in [-0.4, -0.2) is 42.7 Å². The number of nitrogens with zero attached hydrogens (tertiary/aromatic N) is 1. The molecule has 150 valence electrons. The third-order valence-electron chi connectivity index (χ3n) is 6.41. The second-order valence-electron chi connectivity index (χ2n) is 8.29. The maximum atomic E-state index is 12.4. The van der Waals surface area contributed by atoms with Crippen LogP contribution < -0.4 is 0 Å². The van der Waals surface area contributed by atoms with Gasteiger partial charge in [0.25, 0.3) is 0 Å². The van der Waals surface area contributed by atoms with E-state index in [1.165, 1.54) is 12.7 Å². The lowest BCUT2D eigenvalue weighted by atomic mass is 9.68. The van der Waals surface area contributed by atoms with E-state index < -0.39 is 0 Å². The number of methoxy groups -OCH3 is 1. The highest BCUT2D eigenvalue weighted by atomic mass is 16.5. The Balaban J connectivity index is 1.68. The van der Waals surface area contributed by atoms with Crippen LogP contribution in [0.5, 0.6) is 5.75 Å². The summed E-state index contributed by atoms with van der Waals surface area (Å²) < 4.78 is 5.08. The highest BCUT2D eigenvalue weighted by Crippen LogP contribution is 2.40. The number of aromatic hydroxyl groups is 1. The van der Waals surface area contributed by atoms with Crippen molar-refractivity contribution < 1.29 is 14.6 Å². The van der Waals surface area contributed by atoms with Gasteiger partial charge in [0.1, 0.15) is 5.75 Å². The molecule has 1 aliphatic heterocycles. The Labute approximate surface area is 168 Å². The lowest BCUT2D eigenvalue weighted by molar-refractivity contribution is -0.146. The quantitative estimate of drug-likeness (QED) is 0.768. The molecular formula is C24H31NO3. The minimum absolute atomic E-state index is 0.0232. The Morgan fingerprint density at radius 1 is 1.25 bits per heavy atom. The second kappa shape index (κ2) is 8.78. The number of hydrogen-bond donors (Lipinski definition) is 1. The van der Waals surface area contributed by atoms with E-state index in [4.69, 9.17) is 4.74 Å². The average molecular weight is 382 g/mol. The van der Waals surface area contributed by atoms with Gasteiger partial charge in [0.15, 0.2) is 0 Å². The van der Waals surface area contributed by atoms with Gasteiger partial charge in [-0.3, -0.25) is 4.79 Å². The van der Waals surface area contributed by atoms with Crippen molar-refractivity contribution in [2.45, 2.75) is 32.1 Å². The van der Waals surface area contributed by atoms with Crippen molar-refractivity contribution in [3.8, 4) is 5.75 Å². The van der Waals surface area contributed by atoms with E-state index >= 15 is 0 Å². The number of likely N-dealkylation sites (tertiary alicyclic amines) is 1. The standard InChI is InChI=1S/C24H31NO3/c1-18-16-25(13-12-24(18,2)21-10-7-11-22(26)15-21)17-20(23(27)28-3)14-19-8-5-4-6-9-19/h4-11,15,18,20,26H,12-14,16-17H2,1-3H3/t18-,20?,24+/m0/s1. The zero-order chi connectivity index (χ0) is 20.1. The number of ether oxygens (including phenoxy) is 1. The molecule has 1 unspecified atom stereocenters. The summed E-state index contributed by atoms with van der Waals surface area (Å²) in [5.74, 6) is 0.433. The normalized spacial score (nSPS) is 23.9. The van der Waals surface area contributed by atoms with E-state index in [0.29, 0.717) is 24.6 Å². The number of phenols is 1. The number of carbonyl (C=O) groups is 1. The summed E-state index contributed by atoms with van der Waals surface area (Å²) in [6.07, 6.45) is 1.69. The smallest absolute Gasteiger partial charge is 0.310 e. The van der Waals surface area contributed by atoms with E-state index in [9.17, 15) is 9.90 Å². The van der Waals surface area contributed by atoms with Crippen molar-refractivity contribution in [1.82, 2.24) is 4.90 Å². The number of benzene rings is 2. The van der Waals surface area contributed by atoms with Gasteiger partial charge in [0.2, 0.25) is 0 Å². The summed E-state index contributed by atoms with van der Waals surface area (Å²) in [7, 11) is 1.47. The van der Waals surface area contributed by atoms with Gasteiger partial charge >= 0.3 is 5.97 Å². The van der Waals surface area contributed by atoms with Gasteiger partial charge < -0.3 is 14.7 Å². The van der Waals surface area contributed by atoms with Crippen LogP contribution in [-0.2, 0) is 21.4 Å². The average Bonchev–Trinajstić information content (AvgIpc) is 2.70. The molecule has 4 heteroatoms. The molecule has 1 saturated heterocycles. The molecule has 0 aliphatic carbocycles. The van der Waals surface area contributed by atoms with Crippen LogP contribution in [0.25, 0.3) is 0 Å². The second-order valence-corrected chi connectivity index (χ2v) is 8.29. The topological polar surface area (TPSA) is 49.8 Å². The number of carbonyl (C=O) groups excluding carboxylic acids is 1. The molecule has 3 rings (SSSR count). The lowest BCUT2D eigenvalue weighted by Crippen LogP contribution is -2.49. The molecule has 0 aromatic heterocycles. The van der Waals surface area contributed by atoms with Crippen molar-refractivity contribution in [1.29, 1.82) is 0 Å². The molecule has 0 amide bonds. The predicted octanol–water partition coefficient (Wildman–Crippen LogP) is 4.02. The van der Waals surface area contributed by atoms with E-state index in [2.05, 4.69) is 36.9 Å². The summed E-state index contributed by atoms with van der Waals surface area (Å²) >= 11 is 0. The molecule has 28 heavy (non-hydrogen) atoms. The van der Waals surface area contributed by atoms with Crippen molar-refractivity contribution >= 4 is 5.97 Å². The van der Waals surface area contributed by atoms with Crippen LogP contribution in [0.15, 0.2) is 54.6 Å². The first-order valence-electron chi connectivity index (χ1n) is 10.1. The number of piperidine rings is 1. The van der Waals surface area contributed by atoms with Crippen LogP contribution in [0.1, 0.15) is 31.4 Å². The van der Waals surface area contributed by atoms with Gasteiger partial charge in [-0.05, 0) is 54.0 Å². The summed E-state index contributed by atoms with van der Waals surface area (Å²) in [5.41, 5.74) is 2.37. The van der Waals surface area contributed by atoms with Crippen LogP contribution in [0, 0.1) is 11.8 Å². The summed E-state index contributed by atoms with van der Waals surface area (Å²) in [6.45, 7) is 7.11. The summed E-state index contributed by atoms with van der Waals surface area (Å²) in [5, 5.41) is 9.88. The molecule has 3 atom stereocenters. The first-order valence-corrected chi connectivity index (χ1v) is 10.1. The van der Waals surface area contributed by atoms with Gasteiger partial charge in [-0.2, -0.15) is 0 Å². The molecule has 1 heterocycles. The third-order valence-corrected chi connectivity index (χ3v) is 6.41. The highest BCUT2D eigenvalue weighted by molar-refractivity contribution is 5.73. The lowest BCUT2D eigenvalue weighted by Gasteiger charge is -2.45. The molecular weight excluding hydrogens is 350 g/mol. The van der Waals surface area contributed by atoms with Crippen molar-refractivity contribution in [3.63, 3.8) is 0 Å². The van der Waals surface area contributed by atoms with Crippen LogP contribution in [0.4, 0.5) is 0 Å². The fourth-order valence-electron chi connectivity index (χ4n) is 4.37. The van der Waals surface area contributed by atoms with Crippen molar-refractivity contribution in [2.24, 2.45) is 11.8 Å². The summed E-state index contributed by atoms with van der Waals surface area (Å²) in [4.78, 5) is 14.8. The van der Waals surface area contributed by atoms with Gasteiger partial charge in [-0.15, -0.1) is 0 Å². The molecule has 0 bridgehead atoms. The van der Waals surface area contributed by atoms with Gasteiger partial charge in [0.05, 0.1) is 13.0 Å². The minimum Gasteiger partial charge on any atom is -0.508 e. The Hall–Kier alpha value is -2.33. The van der Waals surface area contributed by atoms with Crippen LogP contribution in [0.2, 0.25) is 0 Å². The van der Waals surface area contributed by atoms with Crippen LogP contribution in [0.3, 0.4) is 0 Å². The minimum atomic E-state index is -0.162. The maximum Gasteiger partial charge on any atom is 0.310 e. The fraction of sp³-hybridized carbons (Fsp3) is 0.458. The summed E-state index contributed by atoms with van der Waals surface area (Å²) in [6, 6.07) is 17.8. The van der Waals surface area contributed by atoms with E-state index in [-0.39, 0.29) is 17.3 Å². The Morgan fingerprint density at radius 2 is 2.00 bits per heavy atom. The number of phenolic OH excluding ortho intramolecular Hbond substituents is 1. The molecule has 4 nitrogen and oxygen atoms in total. The molecule has 2 aromatic rings. The maximum absolute atomic E-state index is 12.4. The van der Waals surface area contributed by atoms with Crippen LogP contribution >= 0.6 is 0 Å². The monoisotopic (exact) mass is 381 g/mol. The molecule has 1 fully saturated rings. The molecule has 2 aromatic carbocycles.